The summed E-state index contributed by atoms with van der Waals surface area (Å²) in [4.78, 5) is 17.1. The maximum absolute atomic E-state index is 13.3. The van der Waals surface area contributed by atoms with E-state index in [0.717, 1.165) is 19.4 Å². The van der Waals surface area contributed by atoms with Crippen LogP contribution >= 0.6 is 0 Å². The van der Waals surface area contributed by atoms with Crippen LogP contribution in [0.3, 0.4) is 0 Å². The van der Waals surface area contributed by atoms with E-state index in [0.29, 0.717) is 50.6 Å². The van der Waals surface area contributed by atoms with E-state index < -0.39 is 10.0 Å². The Morgan fingerprint density at radius 1 is 0.935 bits per heavy atom. The van der Waals surface area contributed by atoms with Gasteiger partial charge in [-0.05, 0) is 36.6 Å². The molecule has 2 heterocycles. The second kappa shape index (κ2) is 9.38. The number of sulfonamides is 1. The van der Waals surface area contributed by atoms with E-state index in [1.54, 1.807) is 11.0 Å². The van der Waals surface area contributed by atoms with E-state index >= 15 is 0 Å². The molecule has 0 bridgehead atoms. The van der Waals surface area contributed by atoms with Crippen LogP contribution in [0.15, 0.2) is 53.4 Å². The van der Waals surface area contributed by atoms with E-state index in [9.17, 15) is 13.2 Å². The molecule has 0 spiro atoms. The van der Waals surface area contributed by atoms with Crippen LogP contribution in [-0.2, 0) is 16.6 Å². The van der Waals surface area contributed by atoms with Crippen molar-refractivity contribution in [3.63, 3.8) is 0 Å². The number of hydrogen-bond acceptors (Lipinski definition) is 5. The van der Waals surface area contributed by atoms with Crippen molar-refractivity contribution in [2.45, 2.75) is 24.3 Å². The number of likely N-dealkylation sites (tertiary alicyclic amines) is 1. The monoisotopic (exact) mass is 443 g/mol. The second-order valence-corrected chi connectivity index (χ2v) is 9.97. The van der Waals surface area contributed by atoms with E-state index in [2.05, 4.69) is 17.0 Å². The molecule has 1 amide bonds. The van der Waals surface area contributed by atoms with E-state index in [-0.39, 0.29) is 10.8 Å². The average Bonchev–Trinajstić information content (AvgIpc) is 3.34. The summed E-state index contributed by atoms with van der Waals surface area (Å²) in [7, 11) is -2.19. The zero-order valence-electron chi connectivity index (χ0n) is 17.9. The lowest BCUT2D eigenvalue weighted by Gasteiger charge is -2.34. The van der Waals surface area contributed by atoms with Crippen molar-refractivity contribution < 1.29 is 17.9 Å². The normalized spacial score (nSPS) is 18.3. The van der Waals surface area contributed by atoms with Crippen molar-refractivity contribution in [1.29, 1.82) is 0 Å². The largest absolute Gasteiger partial charge is 0.496 e. The van der Waals surface area contributed by atoms with Gasteiger partial charge in [-0.1, -0.05) is 30.3 Å². The van der Waals surface area contributed by atoms with Crippen molar-refractivity contribution in [2.75, 3.05) is 46.4 Å². The minimum atomic E-state index is -3.68. The third-order valence-electron chi connectivity index (χ3n) is 6.01. The van der Waals surface area contributed by atoms with Gasteiger partial charge in [0, 0.05) is 45.8 Å². The van der Waals surface area contributed by atoms with Gasteiger partial charge in [0.15, 0.2) is 0 Å². The molecule has 0 aliphatic carbocycles. The fourth-order valence-corrected chi connectivity index (χ4v) is 5.67. The molecule has 2 saturated heterocycles. The summed E-state index contributed by atoms with van der Waals surface area (Å²) < 4.78 is 33.4. The molecule has 0 N–H and O–H groups in total. The van der Waals surface area contributed by atoms with Gasteiger partial charge in [0.1, 0.15) is 5.75 Å². The molecule has 2 aliphatic heterocycles. The predicted octanol–water partition coefficient (Wildman–Crippen LogP) is 2.44. The number of nitrogens with zero attached hydrogens (tertiary/aromatic N) is 3. The van der Waals surface area contributed by atoms with Gasteiger partial charge in [0.25, 0.3) is 5.91 Å². The number of hydrogen-bond donors (Lipinski definition) is 0. The summed E-state index contributed by atoms with van der Waals surface area (Å²) in [5, 5.41) is 0. The Morgan fingerprint density at radius 2 is 1.61 bits per heavy atom. The first-order chi connectivity index (χ1) is 15.0. The molecular formula is C23H29N3O4S. The van der Waals surface area contributed by atoms with Crippen LogP contribution in [0.1, 0.15) is 28.8 Å². The van der Waals surface area contributed by atoms with Crippen LogP contribution in [0.4, 0.5) is 0 Å². The molecule has 0 atom stereocenters. The summed E-state index contributed by atoms with van der Waals surface area (Å²) in [6.45, 7) is 4.40. The van der Waals surface area contributed by atoms with Crippen LogP contribution in [0.2, 0.25) is 0 Å². The summed E-state index contributed by atoms with van der Waals surface area (Å²) in [6, 6.07) is 14.8. The number of piperazine rings is 1. The number of amides is 1. The van der Waals surface area contributed by atoms with Crippen molar-refractivity contribution in [3.05, 3.63) is 59.7 Å². The zero-order chi connectivity index (χ0) is 21.8. The van der Waals surface area contributed by atoms with Gasteiger partial charge >= 0.3 is 0 Å². The highest BCUT2D eigenvalue weighted by Crippen LogP contribution is 2.27. The summed E-state index contributed by atoms with van der Waals surface area (Å²) in [6.07, 6.45) is 1.94. The van der Waals surface area contributed by atoms with Crippen molar-refractivity contribution in [1.82, 2.24) is 14.1 Å². The Hall–Kier alpha value is -2.42. The van der Waals surface area contributed by atoms with Crippen LogP contribution in [0.25, 0.3) is 0 Å². The fourth-order valence-electron chi connectivity index (χ4n) is 4.22. The Labute approximate surface area is 184 Å². The first-order valence-corrected chi connectivity index (χ1v) is 12.2. The third-order valence-corrected chi connectivity index (χ3v) is 7.91. The van der Waals surface area contributed by atoms with Crippen molar-refractivity contribution in [3.8, 4) is 5.75 Å². The molecular weight excluding hydrogens is 414 g/mol. The highest BCUT2D eigenvalue weighted by Gasteiger charge is 2.31. The molecule has 8 heteroatoms. The molecule has 2 aromatic rings. The summed E-state index contributed by atoms with van der Waals surface area (Å²) >= 11 is 0. The molecule has 31 heavy (non-hydrogen) atoms. The topological polar surface area (TPSA) is 70.2 Å². The number of methoxy groups -OCH3 is 1. The third kappa shape index (κ3) is 4.76. The molecule has 4 rings (SSSR count). The number of carbonyl (C=O) groups is 1. The van der Waals surface area contributed by atoms with Gasteiger partial charge < -0.3 is 9.64 Å². The Bertz CT molecular complexity index is 1010. The smallest absolute Gasteiger partial charge is 0.257 e. The Morgan fingerprint density at radius 3 is 2.26 bits per heavy atom. The maximum Gasteiger partial charge on any atom is 0.257 e. The maximum atomic E-state index is 13.3. The van der Waals surface area contributed by atoms with Gasteiger partial charge in [-0.15, -0.1) is 0 Å². The molecule has 0 saturated carbocycles. The van der Waals surface area contributed by atoms with Crippen molar-refractivity contribution >= 4 is 15.9 Å². The summed E-state index contributed by atoms with van der Waals surface area (Å²) in [5.41, 5.74) is 1.53. The van der Waals surface area contributed by atoms with Gasteiger partial charge in [-0.25, -0.2) is 8.42 Å². The molecule has 0 radical (unpaired) electrons. The Kier molecular flexibility index (Phi) is 6.60. The number of rotatable bonds is 6. The number of ether oxygens (including phenoxy) is 1. The fraction of sp³-hybridized carbons (Fsp3) is 0.435. The van der Waals surface area contributed by atoms with Gasteiger partial charge in [0.2, 0.25) is 10.0 Å². The second-order valence-electron chi connectivity index (χ2n) is 8.03. The molecule has 2 aliphatic rings. The first-order valence-electron chi connectivity index (χ1n) is 10.7. The minimum Gasteiger partial charge on any atom is -0.496 e. The highest BCUT2D eigenvalue weighted by atomic mass is 32.2. The Balaban J connectivity index is 1.48. The van der Waals surface area contributed by atoms with Crippen LogP contribution in [0, 0.1) is 0 Å². The lowest BCUT2D eigenvalue weighted by molar-refractivity contribution is 0.0789. The first kappa shape index (κ1) is 21.8. The predicted molar refractivity (Wildman–Crippen MR) is 119 cm³/mol. The SMILES string of the molecule is COc1ccc(S(=O)(=O)N2CCN(Cc3ccccc3)CC2)cc1C(=O)N1CCCC1. The van der Waals surface area contributed by atoms with Crippen LogP contribution in [-0.4, -0.2) is 74.8 Å². The lowest BCUT2D eigenvalue weighted by atomic mass is 10.1. The average molecular weight is 444 g/mol. The highest BCUT2D eigenvalue weighted by molar-refractivity contribution is 7.89. The number of benzene rings is 2. The molecule has 166 valence electrons. The van der Waals surface area contributed by atoms with E-state index in [1.165, 1.54) is 29.1 Å². The molecule has 2 aromatic carbocycles. The molecule has 2 fully saturated rings. The standard InChI is InChI=1S/C23H29N3O4S/c1-30-22-10-9-20(17-21(22)23(27)25-11-5-6-12-25)31(28,29)26-15-13-24(14-16-26)18-19-7-3-2-4-8-19/h2-4,7-10,17H,5-6,11-16,18H2,1H3. The lowest BCUT2D eigenvalue weighted by Crippen LogP contribution is -2.48. The van der Waals surface area contributed by atoms with Crippen molar-refractivity contribution in [2.24, 2.45) is 0 Å². The summed E-state index contributed by atoms with van der Waals surface area (Å²) in [5.74, 6) is 0.239. The van der Waals surface area contributed by atoms with Crippen LogP contribution in [0.5, 0.6) is 5.75 Å². The number of carbonyl (C=O) groups excluding carboxylic acids is 1. The van der Waals surface area contributed by atoms with E-state index in [1.807, 2.05) is 18.2 Å². The van der Waals surface area contributed by atoms with Gasteiger partial charge in [-0.3, -0.25) is 9.69 Å². The van der Waals surface area contributed by atoms with Crippen LogP contribution < -0.4 is 4.74 Å². The quantitative estimate of drug-likeness (QED) is 0.686. The zero-order valence-corrected chi connectivity index (χ0v) is 18.7. The van der Waals surface area contributed by atoms with Gasteiger partial charge in [-0.2, -0.15) is 4.31 Å². The van der Waals surface area contributed by atoms with E-state index in [4.69, 9.17) is 4.74 Å². The van der Waals surface area contributed by atoms with Gasteiger partial charge in [0.05, 0.1) is 17.6 Å². The molecule has 0 aromatic heterocycles. The minimum absolute atomic E-state index is 0.146. The molecule has 7 nitrogen and oxygen atoms in total. The molecule has 0 unspecified atom stereocenters.